The van der Waals surface area contributed by atoms with E-state index >= 15 is 0 Å². The normalized spacial score (nSPS) is 12.4. The van der Waals surface area contributed by atoms with Gasteiger partial charge < -0.3 is 14.6 Å². The Morgan fingerprint density at radius 3 is 2.00 bits per heavy atom. The number of aliphatic carboxylic acids is 1. The molecular formula is C18H28F2O5. The van der Waals surface area contributed by atoms with E-state index in [1.165, 1.54) is 13.8 Å². The van der Waals surface area contributed by atoms with Gasteiger partial charge in [0.1, 0.15) is 12.5 Å². The number of carbonyl (C=O) groups excluding carboxylic acids is 1. The minimum absolute atomic E-state index is 0.0157. The van der Waals surface area contributed by atoms with E-state index in [4.69, 9.17) is 14.6 Å². The number of hydrogen-bond acceptors (Lipinski definition) is 4. The van der Waals surface area contributed by atoms with Gasteiger partial charge in [-0.2, -0.15) is 0 Å². The van der Waals surface area contributed by atoms with Gasteiger partial charge in [-0.25, -0.2) is 18.4 Å². The molecule has 0 amide bonds. The lowest BCUT2D eigenvalue weighted by Gasteiger charge is -2.05. The molecule has 0 aromatic heterocycles. The van der Waals surface area contributed by atoms with Crippen molar-refractivity contribution in [2.45, 2.75) is 71.6 Å². The Bertz CT molecular complexity index is 458. The summed E-state index contributed by atoms with van der Waals surface area (Å²) < 4.78 is 33.8. The second kappa shape index (κ2) is 14.4. The Hall–Kier alpha value is -1.92. The quantitative estimate of drug-likeness (QED) is 0.207. The molecule has 144 valence electrons. The Morgan fingerprint density at radius 1 is 0.920 bits per heavy atom. The third kappa shape index (κ3) is 14.2. The van der Waals surface area contributed by atoms with Crippen LogP contribution in [0.5, 0.6) is 0 Å². The maximum absolute atomic E-state index is 11.9. The van der Waals surface area contributed by atoms with E-state index in [2.05, 4.69) is 0 Å². The van der Waals surface area contributed by atoms with Crippen molar-refractivity contribution in [2.75, 3.05) is 6.61 Å². The topological polar surface area (TPSA) is 72.8 Å². The minimum Gasteiger partial charge on any atom is -0.478 e. The van der Waals surface area contributed by atoms with Gasteiger partial charge in [-0.05, 0) is 26.7 Å². The highest BCUT2D eigenvalue weighted by Crippen LogP contribution is 2.11. The highest BCUT2D eigenvalue weighted by molar-refractivity contribution is 5.87. The second-order valence-corrected chi connectivity index (χ2v) is 5.83. The smallest absolute Gasteiger partial charge is 0.336 e. The molecule has 0 bridgehead atoms. The van der Waals surface area contributed by atoms with Crippen LogP contribution >= 0.6 is 0 Å². The van der Waals surface area contributed by atoms with Gasteiger partial charge in [-0.15, -0.1) is 0 Å². The van der Waals surface area contributed by atoms with Crippen molar-refractivity contribution in [3.05, 3.63) is 23.7 Å². The number of ether oxygens (including phenoxy) is 2. The van der Waals surface area contributed by atoms with Gasteiger partial charge in [-0.1, -0.05) is 32.1 Å². The van der Waals surface area contributed by atoms with Gasteiger partial charge in [0.2, 0.25) is 6.43 Å². The number of carboxylic acid groups (broad SMARTS) is 1. The van der Waals surface area contributed by atoms with Crippen molar-refractivity contribution in [3.8, 4) is 0 Å². The van der Waals surface area contributed by atoms with Crippen LogP contribution in [0.4, 0.5) is 8.78 Å². The largest absolute Gasteiger partial charge is 0.478 e. The molecule has 0 aromatic rings. The predicted octanol–water partition coefficient (Wildman–Crippen LogP) is 4.82. The first-order valence-electron chi connectivity index (χ1n) is 8.52. The van der Waals surface area contributed by atoms with Crippen molar-refractivity contribution in [3.63, 3.8) is 0 Å². The van der Waals surface area contributed by atoms with Crippen molar-refractivity contribution in [2.24, 2.45) is 0 Å². The molecule has 0 rings (SSSR count). The highest BCUT2D eigenvalue weighted by atomic mass is 19.3. The van der Waals surface area contributed by atoms with Gasteiger partial charge in [0, 0.05) is 6.42 Å². The number of halogens is 2. The molecule has 5 nitrogen and oxygen atoms in total. The molecule has 0 saturated carbocycles. The summed E-state index contributed by atoms with van der Waals surface area (Å²) in [4.78, 5) is 22.2. The molecule has 0 unspecified atom stereocenters. The molecule has 0 radical (unpaired) electrons. The fraction of sp³-hybridized carbons (Fsp3) is 0.667. The number of hydrogen-bond donors (Lipinski definition) is 1. The van der Waals surface area contributed by atoms with Gasteiger partial charge in [-0.3, -0.25) is 0 Å². The van der Waals surface area contributed by atoms with Crippen LogP contribution in [-0.4, -0.2) is 30.1 Å². The number of unbranched alkanes of at least 4 members (excludes halogenated alkanes) is 6. The van der Waals surface area contributed by atoms with E-state index in [1.54, 1.807) is 0 Å². The van der Waals surface area contributed by atoms with Gasteiger partial charge in [0.05, 0.1) is 17.8 Å². The van der Waals surface area contributed by atoms with Crippen LogP contribution in [0.1, 0.15) is 65.2 Å². The Balaban J connectivity index is 3.66. The zero-order valence-electron chi connectivity index (χ0n) is 14.9. The molecule has 0 aliphatic rings. The summed E-state index contributed by atoms with van der Waals surface area (Å²) in [6.45, 7) is 3.20. The fourth-order valence-corrected chi connectivity index (χ4v) is 1.90. The standard InChI is InChI=1S/C18H28F2O5/c1-14(17(21)22)12-24-13-15(2)18(23)25-11-9-7-5-3-4-6-8-10-16(19)20/h12-13,16H,3-11H2,1-2H3,(H,21,22). The summed E-state index contributed by atoms with van der Waals surface area (Å²) in [5.41, 5.74) is 0.264. The van der Waals surface area contributed by atoms with Crippen LogP contribution in [0.3, 0.4) is 0 Å². The molecule has 0 aliphatic carbocycles. The van der Waals surface area contributed by atoms with Crippen LogP contribution in [0.15, 0.2) is 23.7 Å². The molecule has 0 spiro atoms. The predicted molar refractivity (Wildman–Crippen MR) is 90.1 cm³/mol. The Kier molecular flexibility index (Phi) is 13.3. The highest BCUT2D eigenvalue weighted by Gasteiger charge is 2.06. The monoisotopic (exact) mass is 362 g/mol. The SMILES string of the molecule is CC(=COC=C(C)C(=O)OCCCCCCCCCC(F)F)C(=O)O. The average Bonchev–Trinajstić information content (AvgIpc) is 2.55. The zero-order valence-corrected chi connectivity index (χ0v) is 14.9. The number of alkyl halides is 2. The van der Waals surface area contributed by atoms with Crippen molar-refractivity contribution < 1.29 is 33.0 Å². The van der Waals surface area contributed by atoms with Crippen LogP contribution in [0.2, 0.25) is 0 Å². The lowest BCUT2D eigenvalue weighted by Crippen LogP contribution is -2.07. The summed E-state index contributed by atoms with van der Waals surface area (Å²) in [5, 5.41) is 8.63. The minimum atomic E-state index is -2.20. The van der Waals surface area contributed by atoms with E-state index in [1.807, 2.05) is 0 Å². The third-order valence-electron chi connectivity index (χ3n) is 3.45. The summed E-state index contributed by atoms with van der Waals surface area (Å²) in [6.07, 6.45) is 5.99. The third-order valence-corrected chi connectivity index (χ3v) is 3.45. The first kappa shape index (κ1) is 23.1. The van der Waals surface area contributed by atoms with Gasteiger partial charge in [0.25, 0.3) is 0 Å². The summed E-state index contributed by atoms with van der Waals surface area (Å²) >= 11 is 0. The first-order chi connectivity index (χ1) is 11.8. The molecule has 0 aliphatic heterocycles. The average molecular weight is 362 g/mol. The van der Waals surface area contributed by atoms with E-state index < -0.39 is 18.4 Å². The van der Waals surface area contributed by atoms with Crippen molar-refractivity contribution in [1.82, 2.24) is 0 Å². The lowest BCUT2D eigenvalue weighted by atomic mass is 10.1. The molecule has 0 aromatic carbocycles. The van der Waals surface area contributed by atoms with Crippen LogP contribution in [0.25, 0.3) is 0 Å². The molecule has 0 atom stereocenters. The molecule has 7 heteroatoms. The maximum Gasteiger partial charge on any atom is 0.336 e. The van der Waals surface area contributed by atoms with Crippen LogP contribution in [-0.2, 0) is 19.1 Å². The number of esters is 1. The van der Waals surface area contributed by atoms with Gasteiger partial charge >= 0.3 is 11.9 Å². The molecule has 0 heterocycles. The first-order valence-corrected chi connectivity index (χ1v) is 8.52. The summed E-state index contributed by atoms with van der Waals surface area (Å²) in [7, 11) is 0. The van der Waals surface area contributed by atoms with Crippen LogP contribution in [0, 0.1) is 0 Å². The number of rotatable bonds is 14. The van der Waals surface area contributed by atoms with E-state index in [9.17, 15) is 18.4 Å². The fourth-order valence-electron chi connectivity index (χ4n) is 1.90. The van der Waals surface area contributed by atoms with Crippen molar-refractivity contribution in [1.29, 1.82) is 0 Å². The number of carbonyl (C=O) groups is 2. The lowest BCUT2D eigenvalue weighted by molar-refractivity contribution is -0.139. The zero-order chi connectivity index (χ0) is 19.1. The summed E-state index contributed by atoms with van der Waals surface area (Å²) in [6, 6.07) is 0. The summed E-state index contributed by atoms with van der Waals surface area (Å²) in [5.74, 6) is -1.60. The Morgan fingerprint density at radius 2 is 1.44 bits per heavy atom. The molecule has 0 saturated heterocycles. The van der Waals surface area contributed by atoms with Gasteiger partial charge in [0.15, 0.2) is 0 Å². The molecule has 25 heavy (non-hydrogen) atoms. The molecule has 0 fully saturated rings. The van der Waals surface area contributed by atoms with E-state index in [0.717, 1.165) is 51.0 Å². The molecule has 1 N–H and O–H groups in total. The van der Waals surface area contributed by atoms with E-state index in [0.29, 0.717) is 13.0 Å². The molecular weight excluding hydrogens is 334 g/mol. The van der Waals surface area contributed by atoms with Crippen LogP contribution < -0.4 is 0 Å². The Labute approximate surface area is 147 Å². The van der Waals surface area contributed by atoms with E-state index in [-0.39, 0.29) is 17.6 Å². The van der Waals surface area contributed by atoms with Crippen molar-refractivity contribution >= 4 is 11.9 Å². The maximum atomic E-state index is 11.9. The second-order valence-electron chi connectivity index (χ2n) is 5.83. The number of carboxylic acids is 1.